The van der Waals surface area contributed by atoms with E-state index in [0.717, 1.165) is 0 Å². The molecule has 0 aromatic carbocycles. The lowest BCUT2D eigenvalue weighted by atomic mass is 10.2. The summed E-state index contributed by atoms with van der Waals surface area (Å²) in [7, 11) is -15.9. The standard InChI is InChI=1S/C11H18N5O10P3/c1-2-3-8(16-6-15-11-9(16)10(12)13-5-14-11)4-24-7-27(17,18)25-29(22,23)26-28(19,20)21/h2,5-6,8H,1,3-4,7H2,(H,17,18)(H,22,23)(H2,12,13,14)(H2,19,20,21). The molecular formula is C11H18N5O10P3. The van der Waals surface area contributed by atoms with Gasteiger partial charge in [0.15, 0.2) is 11.5 Å². The van der Waals surface area contributed by atoms with E-state index in [4.69, 9.17) is 25.2 Å². The van der Waals surface area contributed by atoms with E-state index >= 15 is 0 Å². The van der Waals surface area contributed by atoms with E-state index < -0.39 is 35.6 Å². The predicted octanol–water partition coefficient (Wildman–Crippen LogP) is 0.911. The van der Waals surface area contributed by atoms with Crippen molar-refractivity contribution in [3.8, 4) is 0 Å². The third-order valence-corrected chi connectivity index (χ3v) is 7.26. The zero-order chi connectivity index (χ0) is 21.9. The highest BCUT2D eigenvalue weighted by Gasteiger charge is 2.39. The fourth-order valence-electron chi connectivity index (χ4n) is 2.27. The van der Waals surface area contributed by atoms with Crippen LogP contribution in [0.2, 0.25) is 0 Å². The van der Waals surface area contributed by atoms with E-state index in [1.165, 1.54) is 12.7 Å². The summed E-state index contributed by atoms with van der Waals surface area (Å²) in [6.45, 7) is 3.40. The SMILES string of the molecule is C=CCC(COCP(=O)(O)OP(=O)(O)OP(=O)(O)O)n1cnc2ncnc(N)c21. The van der Waals surface area contributed by atoms with Gasteiger partial charge in [-0.25, -0.2) is 28.4 Å². The molecule has 0 spiro atoms. The van der Waals surface area contributed by atoms with Crippen LogP contribution in [-0.2, 0) is 27.1 Å². The average Bonchev–Trinajstić information content (AvgIpc) is 2.95. The number of allylic oxidation sites excluding steroid dienone is 1. The molecule has 0 radical (unpaired) electrons. The first-order valence-electron chi connectivity index (χ1n) is 7.58. The van der Waals surface area contributed by atoms with Crippen LogP contribution in [0.15, 0.2) is 25.3 Å². The molecule has 2 aromatic heterocycles. The first kappa shape index (κ1) is 23.8. The molecule has 15 nitrogen and oxygen atoms in total. The number of ether oxygens (including phenoxy) is 1. The van der Waals surface area contributed by atoms with Gasteiger partial charge in [-0.3, -0.25) is 4.57 Å². The molecule has 3 unspecified atom stereocenters. The molecule has 2 aromatic rings. The van der Waals surface area contributed by atoms with E-state index in [9.17, 15) is 18.6 Å². The number of anilines is 1. The van der Waals surface area contributed by atoms with Gasteiger partial charge < -0.3 is 34.6 Å². The van der Waals surface area contributed by atoms with Crippen LogP contribution < -0.4 is 5.73 Å². The molecule has 2 rings (SSSR count). The largest absolute Gasteiger partial charge is 0.488 e. The number of fused-ring (bicyclic) bond motifs is 1. The topological polar surface area (TPSA) is 229 Å². The predicted molar refractivity (Wildman–Crippen MR) is 98.3 cm³/mol. The molecular weight excluding hydrogens is 455 g/mol. The summed E-state index contributed by atoms with van der Waals surface area (Å²) in [4.78, 5) is 47.7. The minimum Gasteiger partial charge on any atom is -0.382 e. The molecule has 162 valence electrons. The number of hydrogen-bond acceptors (Lipinski definition) is 10. The number of phosphoric acid groups is 2. The fraction of sp³-hybridized carbons (Fsp3) is 0.364. The maximum absolute atomic E-state index is 11.9. The van der Waals surface area contributed by atoms with E-state index in [1.54, 1.807) is 10.6 Å². The maximum atomic E-state index is 11.9. The minimum absolute atomic E-state index is 0.147. The first-order valence-corrected chi connectivity index (χ1v) is 12.4. The van der Waals surface area contributed by atoms with Gasteiger partial charge in [-0.1, -0.05) is 6.08 Å². The number of rotatable bonds is 11. The van der Waals surface area contributed by atoms with Crippen molar-refractivity contribution in [2.75, 3.05) is 18.7 Å². The normalized spacial score (nSPS) is 17.5. The molecule has 0 aliphatic heterocycles. The summed E-state index contributed by atoms with van der Waals surface area (Å²) in [6.07, 6.45) is 3.44. The fourth-order valence-corrected chi connectivity index (χ4v) is 5.55. The molecule has 0 aliphatic rings. The summed E-state index contributed by atoms with van der Waals surface area (Å²) in [5.41, 5.74) is 6.56. The molecule has 0 bridgehead atoms. The number of nitrogens with two attached hydrogens (primary N) is 1. The van der Waals surface area contributed by atoms with Crippen molar-refractivity contribution >= 4 is 40.2 Å². The monoisotopic (exact) mass is 473 g/mol. The maximum Gasteiger partial charge on any atom is 0.488 e. The van der Waals surface area contributed by atoms with Gasteiger partial charge in [0.1, 0.15) is 18.2 Å². The van der Waals surface area contributed by atoms with Crippen LogP contribution in [0.3, 0.4) is 0 Å². The Hall–Kier alpha value is -1.50. The number of aromatic nitrogens is 4. The summed E-state index contributed by atoms with van der Waals surface area (Å²) in [6, 6.07) is -0.516. The zero-order valence-corrected chi connectivity index (χ0v) is 17.3. The lowest BCUT2D eigenvalue weighted by molar-refractivity contribution is 0.123. The first-order chi connectivity index (χ1) is 13.3. The second kappa shape index (κ2) is 9.11. The van der Waals surface area contributed by atoms with Gasteiger partial charge in [0.25, 0.3) is 0 Å². The molecule has 2 heterocycles. The van der Waals surface area contributed by atoms with Crippen molar-refractivity contribution in [1.29, 1.82) is 0 Å². The van der Waals surface area contributed by atoms with Crippen LogP contribution in [-0.4, -0.2) is 52.0 Å². The molecule has 0 saturated carbocycles. The summed E-state index contributed by atoms with van der Waals surface area (Å²) >= 11 is 0. The molecule has 0 fully saturated rings. The Morgan fingerprint density at radius 1 is 1.17 bits per heavy atom. The van der Waals surface area contributed by atoms with Crippen molar-refractivity contribution in [2.24, 2.45) is 0 Å². The number of nitrogen functional groups attached to an aromatic ring is 1. The highest BCUT2D eigenvalue weighted by atomic mass is 31.3. The Kier molecular flexibility index (Phi) is 7.47. The minimum atomic E-state index is -5.52. The average molecular weight is 473 g/mol. The molecule has 0 saturated heterocycles. The molecule has 0 amide bonds. The van der Waals surface area contributed by atoms with Gasteiger partial charge in [0.2, 0.25) is 0 Å². The van der Waals surface area contributed by atoms with Crippen LogP contribution >= 0.6 is 23.2 Å². The second-order valence-corrected chi connectivity index (χ2v) is 10.3. The molecule has 3 atom stereocenters. The van der Waals surface area contributed by atoms with Crippen LogP contribution in [0.25, 0.3) is 11.2 Å². The van der Waals surface area contributed by atoms with Gasteiger partial charge in [-0.05, 0) is 6.42 Å². The van der Waals surface area contributed by atoms with E-state index in [-0.39, 0.29) is 12.4 Å². The van der Waals surface area contributed by atoms with Gasteiger partial charge in [-0.2, -0.15) is 4.31 Å². The van der Waals surface area contributed by atoms with E-state index in [2.05, 4.69) is 30.2 Å². The van der Waals surface area contributed by atoms with Crippen LogP contribution in [0.1, 0.15) is 12.5 Å². The number of nitrogens with zero attached hydrogens (tertiary/aromatic N) is 4. The number of imidazole rings is 1. The van der Waals surface area contributed by atoms with E-state index in [0.29, 0.717) is 17.6 Å². The highest BCUT2D eigenvalue weighted by Crippen LogP contribution is 2.65. The second-order valence-electron chi connectivity index (χ2n) is 5.52. The molecule has 6 N–H and O–H groups in total. The van der Waals surface area contributed by atoms with Crippen LogP contribution in [0, 0.1) is 0 Å². The van der Waals surface area contributed by atoms with E-state index in [1.807, 2.05) is 0 Å². The van der Waals surface area contributed by atoms with Crippen molar-refractivity contribution < 1.29 is 46.6 Å². The lowest BCUT2D eigenvalue weighted by Gasteiger charge is -2.20. The third-order valence-electron chi connectivity index (χ3n) is 3.23. The van der Waals surface area contributed by atoms with Crippen molar-refractivity contribution in [1.82, 2.24) is 19.5 Å². The quantitative estimate of drug-likeness (QED) is 0.226. The third kappa shape index (κ3) is 7.05. The van der Waals surface area contributed by atoms with Gasteiger partial charge in [0, 0.05) is 0 Å². The van der Waals surface area contributed by atoms with Crippen molar-refractivity contribution in [2.45, 2.75) is 12.5 Å². The van der Waals surface area contributed by atoms with Crippen molar-refractivity contribution in [3.05, 3.63) is 25.3 Å². The number of hydrogen-bond donors (Lipinski definition) is 5. The Morgan fingerprint density at radius 2 is 1.86 bits per heavy atom. The highest BCUT2D eigenvalue weighted by molar-refractivity contribution is 7.68. The Morgan fingerprint density at radius 3 is 2.48 bits per heavy atom. The van der Waals surface area contributed by atoms with Gasteiger partial charge >= 0.3 is 23.2 Å². The van der Waals surface area contributed by atoms with Crippen molar-refractivity contribution in [3.63, 3.8) is 0 Å². The Labute approximate surface area is 163 Å². The summed E-state index contributed by atoms with van der Waals surface area (Å²) in [5.74, 6) is 0.147. The van der Waals surface area contributed by atoms with Gasteiger partial charge in [0.05, 0.1) is 19.0 Å². The zero-order valence-electron chi connectivity index (χ0n) is 14.6. The Balaban J connectivity index is 2.07. The molecule has 0 aliphatic carbocycles. The molecule has 29 heavy (non-hydrogen) atoms. The molecule has 18 heteroatoms. The Bertz CT molecular complexity index is 1020. The summed E-state index contributed by atoms with van der Waals surface area (Å²) in [5, 5.41) is 0. The smallest absolute Gasteiger partial charge is 0.382 e. The van der Waals surface area contributed by atoms with Crippen LogP contribution in [0.4, 0.5) is 5.82 Å². The lowest BCUT2D eigenvalue weighted by Crippen LogP contribution is -2.16. The van der Waals surface area contributed by atoms with Gasteiger partial charge in [-0.15, -0.1) is 6.58 Å². The van der Waals surface area contributed by atoms with Crippen LogP contribution in [0.5, 0.6) is 0 Å². The summed E-state index contributed by atoms with van der Waals surface area (Å²) < 4.78 is 47.9.